The average Bonchev–Trinajstić information content (AvgIpc) is 2.79. The van der Waals surface area contributed by atoms with Gasteiger partial charge in [0.05, 0.1) is 0 Å². The van der Waals surface area contributed by atoms with Crippen molar-refractivity contribution in [2.24, 2.45) is 0 Å². The molecule has 2 N–H and O–H groups in total. The van der Waals surface area contributed by atoms with Crippen LogP contribution < -0.4 is 10.6 Å². The van der Waals surface area contributed by atoms with E-state index in [0.717, 1.165) is 17.0 Å². The zero-order valence-electron chi connectivity index (χ0n) is 13.6. The Morgan fingerprint density at radius 2 is 1.91 bits per heavy atom. The number of aryl methyl sites for hydroxylation is 1. The van der Waals surface area contributed by atoms with Crippen molar-refractivity contribution in [3.63, 3.8) is 0 Å². The third-order valence-corrected chi connectivity index (χ3v) is 2.98. The molecule has 0 aliphatic carbocycles. The van der Waals surface area contributed by atoms with Gasteiger partial charge in [0, 0.05) is 31.0 Å². The molecular weight excluding hydrogens is 278 g/mol. The van der Waals surface area contributed by atoms with Gasteiger partial charge in [-0.3, -0.25) is 0 Å². The zero-order valence-corrected chi connectivity index (χ0v) is 13.6. The molecule has 2 amide bonds. The van der Waals surface area contributed by atoms with Crippen LogP contribution in [0.4, 0.5) is 4.79 Å². The molecule has 0 atom stereocenters. The monoisotopic (exact) mass is 301 g/mol. The molecule has 1 aromatic heterocycles. The number of carbonyl (C=O) groups excluding carboxylic acids is 1. The number of hydrogen-bond donors (Lipinski definition) is 2. The van der Waals surface area contributed by atoms with Crippen molar-refractivity contribution in [3.8, 4) is 11.3 Å². The van der Waals surface area contributed by atoms with Gasteiger partial charge >= 0.3 is 6.03 Å². The molecule has 0 radical (unpaired) electrons. The first-order valence-corrected chi connectivity index (χ1v) is 7.43. The lowest BCUT2D eigenvalue weighted by atomic mass is 10.1. The van der Waals surface area contributed by atoms with Crippen molar-refractivity contribution in [3.05, 3.63) is 42.0 Å². The molecule has 5 heteroatoms. The largest absolute Gasteiger partial charge is 0.445 e. The Hall–Kier alpha value is -2.30. The molecular formula is C17H23N3O2. The molecule has 118 valence electrons. The molecule has 1 heterocycles. The predicted octanol–water partition coefficient (Wildman–Crippen LogP) is 3.29. The van der Waals surface area contributed by atoms with Crippen LogP contribution in [-0.4, -0.2) is 23.1 Å². The Morgan fingerprint density at radius 1 is 1.23 bits per heavy atom. The molecule has 0 saturated carbocycles. The van der Waals surface area contributed by atoms with Gasteiger partial charge in [0.15, 0.2) is 5.89 Å². The molecule has 0 unspecified atom stereocenters. The molecule has 5 nitrogen and oxygen atoms in total. The molecule has 0 aliphatic rings. The minimum Gasteiger partial charge on any atom is -0.445 e. The van der Waals surface area contributed by atoms with Crippen LogP contribution >= 0.6 is 0 Å². The Kier molecular flexibility index (Phi) is 4.85. The third kappa shape index (κ3) is 4.62. The molecule has 0 saturated heterocycles. The van der Waals surface area contributed by atoms with E-state index in [-0.39, 0.29) is 11.6 Å². The van der Waals surface area contributed by atoms with E-state index in [9.17, 15) is 4.79 Å². The van der Waals surface area contributed by atoms with Crippen molar-refractivity contribution < 1.29 is 9.21 Å². The van der Waals surface area contributed by atoms with Gasteiger partial charge in [0.2, 0.25) is 0 Å². The van der Waals surface area contributed by atoms with E-state index in [1.165, 1.54) is 0 Å². The van der Waals surface area contributed by atoms with Gasteiger partial charge in [0.1, 0.15) is 11.5 Å². The summed E-state index contributed by atoms with van der Waals surface area (Å²) < 4.78 is 5.67. The van der Waals surface area contributed by atoms with Crippen LogP contribution in [0.3, 0.4) is 0 Å². The van der Waals surface area contributed by atoms with E-state index in [0.29, 0.717) is 18.9 Å². The first-order valence-electron chi connectivity index (χ1n) is 7.43. The fraction of sp³-hybridized carbons (Fsp3) is 0.412. The maximum absolute atomic E-state index is 11.7. The number of hydrogen-bond acceptors (Lipinski definition) is 3. The summed E-state index contributed by atoms with van der Waals surface area (Å²) >= 11 is 0. The number of rotatable bonds is 4. The van der Waals surface area contributed by atoms with Crippen molar-refractivity contribution in [1.82, 2.24) is 15.6 Å². The second-order valence-electron chi connectivity index (χ2n) is 6.25. The number of urea groups is 1. The summed E-state index contributed by atoms with van der Waals surface area (Å²) in [5, 5.41) is 5.70. The lowest BCUT2D eigenvalue weighted by Gasteiger charge is -2.20. The fourth-order valence-corrected chi connectivity index (χ4v) is 2.13. The first kappa shape index (κ1) is 16.1. The summed E-state index contributed by atoms with van der Waals surface area (Å²) in [5.41, 5.74) is 1.62. The number of nitrogens with one attached hydrogen (secondary N) is 2. The lowest BCUT2D eigenvalue weighted by Crippen LogP contribution is -2.46. The number of amides is 2. The fourth-order valence-electron chi connectivity index (χ4n) is 2.13. The van der Waals surface area contributed by atoms with Crippen molar-refractivity contribution in [2.75, 3.05) is 6.54 Å². The van der Waals surface area contributed by atoms with Gasteiger partial charge in [0.25, 0.3) is 0 Å². The molecule has 0 fully saturated rings. The van der Waals surface area contributed by atoms with Gasteiger partial charge in [-0.15, -0.1) is 0 Å². The molecule has 0 bridgehead atoms. The Balaban J connectivity index is 1.98. The van der Waals surface area contributed by atoms with E-state index in [4.69, 9.17) is 4.42 Å². The average molecular weight is 301 g/mol. The summed E-state index contributed by atoms with van der Waals surface area (Å²) in [7, 11) is 0. The predicted molar refractivity (Wildman–Crippen MR) is 86.7 cm³/mol. The topological polar surface area (TPSA) is 67.2 Å². The normalized spacial score (nSPS) is 11.3. The van der Waals surface area contributed by atoms with Crippen LogP contribution in [0.5, 0.6) is 0 Å². The number of nitrogens with zero attached hydrogens (tertiary/aromatic N) is 1. The van der Waals surface area contributed by atoms with Crippen LogP contribution in [0.25, 0.3) is 11.3 Å². The highest BCUT2D eigenvalue weighted by molar-refractivity contribution is 5.74. The minimum absolute atomic E-state index is 0.176. The highest BCUT2D eigenvalue weighted by Crippen LogP contribution is 2.23. The Morgan fingerprint density at radius 3 is 2.55 bits per heavy atom. The van der Waals surface area contributed by atoms with E-state index in [1.807, 2.05) is 58.0 Å². The van der Waals surface area contributed by atoms with Crippen LogP contribution in [-0.2, 0) is 6.42 Å². The number of oxazole rings is 1. The highest BCUT2D eigenvalue weighted by Gasteiger charge is 2.15. The van der Waals surface area contributed by atoms with E-state index >= 15 is 0 Å². The van der Waals surface area contributed by atoms with E-state index < -0.39 is 0 Å². The highest BCUT2D eigenvalue weighted by atomic mass is 16.4. The number of benzene rings is 1. The van der Waals surface area contributed by atoms with Gasteiger partial charge in [-0.2, -0.15) is 0 Å². The first-order chi connectivity index (χ1) is 10.3. The van der Waals surface area contributed by atoms with Crippen molar-refractivity contribution in [1.29, 1.82) is 0 Å². The molecule has 2 rings (SSSR count). The van der Waals surface area contributed by atoms with E-state index in [2.05, 4.69) is 15.6 Å². The summed E-state index contributed by atoms with van der Waals surface area (Å²) in [6.45, 7) is 8.16. The summed E-state index contributed by atoms with van der Waals surface area (Å²) in [6, 6.07) is 9.73. The summed E-state index contributed by atoms with van der Waals surface area (Å²) in [6.07, 6.45) is 0.600. The maximum atomic E-state index is 11.7. The van der Waals surface area contributed by atoms with Crippen molar-refractivity contribution >= 4 is 6.03 Å². The molecule has 22 heavy (non-hydrogen) atoms. The van der Waals surface area contributed by atoms with Crippen LogP contribution in [0, 0.1) is 6.92 Å². The van der Waals surface area contributed by atoms with E-state index in [1.54, 1.807) is 0 Å². The SMILES string of the molecule is Cc1nc(-c2ccccc2)c(CCNC(=O)NC(C)(C)C)o1. The van der Waals surface area contributed by atoms with Gasteiger partial charge in [-0.05, 0) is 20.8 Å². The van der Waals surface area contributed by atoms with Gasteiger partial charge in [-0.25, -0.2) is 9.78 Å². The molecule has 1 aromatic carbocycles. The maximum Gasteiger partial charge on any atom is 0.315 e. The minimum atomic E-state index is -0.248. The van der Waals surface area contributed by atoms with Crippen molar-refractivity contribution in [2.45, 2.75) is 39.7 Å². The van der Waals surface area contributed by atoms with Crippen LogP contribution in [0.15, 0.2) is 34.7 Å². The smallest absolute Gasteiger partial charge is 0.315 e. The third-order valence-electron chi connectivity index (χ3n) is 2.98. The standard InChI is InChI=1S/C17H23N3O2/c1-12-19-15(13-8-6-5-7-9-13)14(22-12)10-11-18-16(21)20-17(2,3)4/h5-9H,10-11H2,1-4H3,(H2,18,20,21). The summed E-state index contributed by atoms with van der Waals surface area (Å²) in [4.78, 5) is 16.2. The zero-order chi connectivity index (χ0) is 16.2. The van der Waals surface area contributed by atoms with Gasteiger partial charge in [-0.1, -0.05) is 30.3 Å². The second kappa shape index (κ2) is 6.64. The summed E-state index contributed by atoms with van der Waals surface area (Å²) in [5.74, 6) is 1.42. The Bertz CT molecular complexity index is 627. The quantitative estimate of drug-likeness (QED) is 0.910. The number of carbonyl (C=O) groups is 1. The van der Waals surface area contributed by atoms with Crippen LogP contribution in [0.1, 0.15) is 32.4 Å². The van der Waals surface area contributed by atoms with Crippen LogP contribution in [0.2, 0.25) is 0 Å². The molecule has 0 aliphatic heterocycles. The lowest BCUT2D eigenvalue weighted by molar-refractivity contribution is 0.232. The molecule has 2 aromatic rings. The molecule has 0 spiro atoms. The Labute approximate surface area is 131 Å². The van der Waals surface area contributed by atoms with Gasteiger partial charge < -0.3 is 15.1 Å². The number of aromatic nitrogens is 1. The second-order valence-corrected chi connectivity index (χ2v) is 6.25.